The summed E-state index contributed by atoms with van der Waals surface area (Å²) < 4.78 is 0. The van der Waals surface area contributed by atoms with E-state index >= 15 is 0 Å². The van der Waals surface area contributed by atoms with Crippen LogP contribution in [0.1, 0.15) is 43.5 Å². The molecule has 114 valence electrons. The molecule has 5 heteroatoms. The summed E-state index contributed by atoms with van der Waals surface area (Å²) in [6.45, 7) is 4.48. The summed E-state index contributed by atoms with van der Waals surface area (Å²) in [5, 5.41) is 11.4. The van der Waals surface area contributed by atoms with Gasteiger partial charge in [-0.15, -0.1) is 11.8 Å². The van der Waals surface area contributed by atoms with Gasteiger partial charge in [0.1, 0.15) is 5.25 Å². The minimum atomic E-state index is -0.877. The summed E-state index contributed by atoms with van der Waals surface area (Å²) in [7, 11) is 0. The van der Waals surface area contributed by atoms with E-state index in [1.165, 1.54) is 24.6 Å². The molecule has 0 saturated heterocycles. The van der Waals surface area contributed by atoms with Crippen molar-refractivity contribution in [1.82, 2.24) is 5.32 Å². The number of aliphatic carboxylic acids is 1. The van der Waals surface area contributed by atoms with Crippen LogP contribution in [0.2, 0.25) is 0 Å². The van der Waals surface area contributed by atoms with E-state index in [0.29, 0.717) is 22.4 Å². The van der Waals surface area contributed by atoms with Crippen LogP contribution in [0.15, 0.2) is 29.2 Å². The predicted molar refractivity (Wildman–Crippen MR) is 83.7 cm³/mol. The predicted octanol–water partition coefficient (Wildman–Crippen LogP) is 3.17. The lowest BCUT2D eigenvalue weighted by molar-refractivity contribution is -0.136. The highest BCUT2D eigenvalue weighted by Crippen LogP contribution is 2.47. The molecule has 1 amide bonds. The topological polar surface area (TPSA) is 66.4 Å². The average molecular weight is 307 g/mol. The maximum absolute atomic E-state index is 12.3. The minimum absolute atomic E-state index is 0.115. The first-order valence-electron chi connectivity index (χ1n) is 7.24. The molecule has 1 aromatic rings. The van der Waals surface area contributed by atoms with Crippen molar-refractivity contribution in [2.75, 3.05) is 6.54 Å². The Kier molecular flexibility index (Phi) is 4.93. The van der Waals surface area contributed by atoms with E-state index in [-0.39, 0.29) is 5.91 Å². The molecule has 4 nitrogen and oxygen atoms in total. The van der Waals surface area contributed by atoms with Gasteiger partial charge in [-0.2, -0.15) is 0 Å². The number of thioether (sulfide) groups is 1. The highest BCUT2D eigenvalue weighted by atomic mass is 32.2. The molecule has 1 aromatic carbocycles. The van der Waals surface area contributed by atoms with Crippen molar-refractivity contribution in [2.45, 2.75) is 43.3 Å². The van der Waals surface area contributed by atoms with Crippen molar-refractivity contribution in [2.24, 2.45) is 5.41 Å². The largest absolute Gasteiger partial charge is 0.480 e. The lowest BCUT2D eigenvalue weighted by Gasteiger charge is -2.15. The molecule has 1 saturated carbocycles. The third-order valence-corrected chi connectivity index (χ3v) is 5.28. The second-order valence-electron chi connectivity index (χ2n) is 5.63. The number of rotatable bonds is 7. The van der Waals surface area contributed by atoms with Gasteiger partial charge in [-0.1, -0.05) is 19.1 Å². The molecule has 21 heavy (non-hydrogen) atoms. The molecule has 1 atom stereocenters. The normalized spacial score (nSPS) is 17.0. The second kappa shape index (κ2) is 6.52. The van der Waals surface area contributed by atoms with Crippen LogP contribution in [-0.4, -0.2) is 28.8 Å². The maximum atomic E-state index is 12.3. The Hall–Kier alpha value is -1.49. The fourth-order valence-corrected chi connectivity index (χ4v) is 3.12. The van der Waals surface area contributed by atoms with Gasteiger partial charge < -0.3 is 10.4 Å². The SMILES string of the molecule is CCC1(CNC(=O)c2ccccc2SC(C)C(=O)O)CC1. The number of carbonyl (C=O) groups excluding carboxylic acids is 1. The molecule has 0 radical (unpaired) electrons. The molecule has 0 aliphatic heterocycles. The van der Waals surface area contributed by atoms with Crippen LogP contribution in [0, 0.1) is 5.41 Å². The van der Waals surface area contributed by atoms with Crippen LogP contribution < -0.4 is 5.32 Å². The molecule has 0 aromatic heterocycles. The zero-order valence-corrected chi connectivity index (χ0v) is 13.2. The molecular formula is C16H21NO3S. The Labute approximate surface area is 129 Å². The number of carboxylic acids is 1. The fourth-order valence-electron chi connectivity index (χ4n) is 2.19. The number of benzene rings is 1. The first kappa shape index (κ1) is 15.9. The Bertz CT molecular complexity index is 540. The van der Waals surface area contributed by atoms with E-state index in [9.17, 15) is 9.59 Å². The highest BCUT2D eigenvalue weighted by molar-refractivity contribution is 8.00. The molecule has 1 aliphatic rings. The van der Waals surface area contributed by atoms with Crippen molar-refractivity contribution in [3.05, 3.63) is 29.8 Å². The molecule has 1 aliphatic carbocycles. The Morgan fingerprint density at radius 2 is 2.05 bits per heavy atom. The van der Waals surface area contributed by atoms with E-state index in [1.807, 2.05) is 6.07 Å². The third-order valence-electron chi connectivity index (χ3n) is 4.11. The molecule has 2 rings (SSSR count). The van der Waals surface area contributed by atoms with Gasteiger partial charge in [0.05, 0.1) is 5.56 Å². The first-order chi connectivity index (χ1) is 9.97. The van der Waals surface area contributed by atoms with Crippen LogP contribution in [-0.2, 0) is 4.79 Å². The van der Waals surface area contributed by atoms with E-state index in [0.717, 1.165) is 6.42 Å². The standard InChI is InChI=1S/C16H21NO3S/c1-3-16(8-9-16)10-17-14(18)12-6-4-5-7-13(12)21-11(2)15(19)20/h4-7,11H,3,8-10H2,1-2H3,(H,17,18)(H,19,20). The van der Waals surface area contributed by atoms with Crippen LogP contribution in [0.3, 0.4) is 0 Å². The molecule has 0 spiro atoms. The smallest absolute Gasteiger partial charge is 0.316 e. The summed E-state index contributed by atoms with van der Waals surface area (Å²) >= 11 is 1.20. The van der Waals surface area contributed by atoms with Crippen molar-refractivity contribution < 1.29 is 14.7 Å². The number of nitrogens with one attached hydrogen (secondary N) is 1. The van der Waals surface area contributed by atoms with Gasteiger partial charge in [-0.3, -0.25) is 9.59 Å². The van der Waals surface area contributed by atoms with E-state index in [2.05, 4.69) is 12.2 Å². The van der Waals surface area contributed by atoms with Gasteiger partial charge in [-0.05, 0) is 43.7 Å². The average Bonchev–Trinajstić information content (AvgIpc) is 3.26. The lowest BCUT2D eigenvalue weighted by atomic mass is 10.0. The Morgan fingerprint density at radius 3 is 2.62 bits per heavy atom. The van der Waals surface area contributed by atoms with Gasteiger partial charge >= 0.3 is 5.97 Å². The summed E-state index contributed by atoms with van der Waals surface area (Å²) in [6, 6.07) is 7.17. The Balaban J connectivity index is 2.04. The van der Waals surface area contributed by atoms with Crippen LogP contribution in [0.5, 0.6) is 0 Å². The quantitative estimate of drug-likeness (QED) is 0.759. The number of carboxylic acid groups (broad SMARTS) is 1. The van der Waals surface area contributed by atoms with Crippen molar-refractivity contribution in [3.63, 3.8) is 0 Å². The van der Waals surface area contributed by atoms with E-state index in [4.69, 9.17) is 5.11 Å². The molecule has 2 N–H and O–H groups in total. The summed E-state index contributed by atoms with van der Waals surface area (Å²) in [5.74, 6) is -0.992. The van der Waals surface area contributed by atoms with Crippen LogP contribution in [0.4, 0.5) is 0 Å². The zero-order chi connectivity index (χ0) is 15.5. The number of hydrogen-bond donors (Lipinski definition) is 2. The lowest BCUT2D eigenvalue weighted by Crippen LogP contribution is -2.30. The third kappa shape index (κ3) is 4.00. The summed E-state index contributed by atoms with van der Waals surface area (Å²) in [5.41, 5.74) is 0.856. The Morgan fingerprint density at radius 1 is 1.38 bits per heavy atom. The van der Waals surface area contributed by atoms with E-state index < -0.39 is 11.2 Å². The van der Waals surface area contributed by atoms with E-state index in [1.54, 1.807) is 25.1 Å². The number of hydrogen-bond acceptors (Lipinski definition) is 3. The molecule has 0 heterocycles. The molecule has 0 bridgehead atoms. The summed E-state index contributed by atoms with van der Waals surface area (Å²) in [4.78, 5) is 24.0. The monoisotopic (exact) mass is 307 g/mol. The number of carbonyl (C=O) groups is 2. The second-order valence-corrected chi connectivity index (χ2v) is 7.01. The van der Waals surface area contributed by atoms with Gasteiger partial charge in [0.2, 0.25) is 0 Å². The van der Waals surface area contributed by atoms with Crippen molar-refractivity contribution in [3.8, 4) is 0 Å². The number of amides is 1. The minimum Gasteiger partial charge on any atom is -0.480 e. The summed E-state index contributed by atoms with van der Waals surface area (Å²) in [6.07, 6.45) is 3.44. The zero-order valence-electron chi connectivity index (χ0n) is 12.4. The van der Waals surface area contributed by atoms with Gasteiger partial charge in [0.15, 0.2) is 0 Å². The maximum Gasteiger partial charge on any atom is 0.316 e. The van der Waals surface area contributed by atoms with Crippen LogP contribution >= 0.6 is 11.8 Å². The van der Waals surface area contributed by atoms with Crippen LogP contribution in [0.25, 0.3) is 0 Å². The van der Waals surface area contributed by atoms with Crippen molar-refractivity contribution in [1.29, 1.82) is 0 Å². The van der Waals surface area contributed by atoms with Crippen molar-refractivity contribution >= 4 is 23.6 Å². The molecule has 1 unspecified atom stereocenters. The highest BCUT2D eigenvalue weighted by Gasteiger charge is 2.40. The van der Waals surface area contributed by atoms with Gasteiger partial charge in [0.25, 0.3) is 5.91 Å². The first-order valence-corrected chi connectivity index (χ1v) is 8.12. The molecule has 1 fully saturated rings. The van der Waals surface area contributed by atoms with Gasteiger partial charge in [0, 0.05) is 11.4 Å². The molecular weight excluding hydrogens is 286 g/mol. The van der Waals surface area contributed by atoms with Gasteiger partial charge in [-0.25, -0.2) is 0 Å². The fraction of sp³-hybridized carbons (Fsp3) is 0.500.